The van der Waals surface area contributed by atoms with Crippen LogP contribution in [-0.2, 0) is 6.54 Å². The number of nitrogens with zero attached hydrogens (tertiary/aromatic N) is 2. The molecule has 0 bridgehead atoms. The highest BCUT2D eigenvalue weighted by atomic mass is 32.1. The molecule has 5 rings (SSSR count). The summed E-state index contributed by atoms with van der Waals surface area (Å²) in [7, 11) is 0. The van der Waals surface area contributed by atoms with Crippen LogP contribution in [0, 0.1) is 6.92 Å². The first-order chi connectivity index (χ1) is 14.1. The quantitative estimate of drug-likeness (QED) is 0.514. The molecule has 1 aliphatic rings. The summed E-state index contributed by atoms with van der Waals surface area (Å²) in [6.07, 6.45) is 5.09. The summed E-state index contributed by atoms with van der Waals surface area (Å²) in [5, 5.41) is 11.9. The van der Waals surface area contributed by atoms with Crippen molar-refractivity contribution in [3.63, 3.8) is 0 Å². The molecule has 0 radical (unpaired) electrons. The van der Waals surface area contributed by atoms with Gasteiger partial charge in [-0.2, -0.15) is 0 Å². The number of thiazole rings is 1. The number of aryl methyl sites for hydroxylation is 1. The predicted molar refractivity (Wildman–Crippen MR) is 117 cm³/mol. The zero-order valence-electron chi connectivity index (χ0n) is 16.3. The Labute approximate surface area is 172 Å². The largest absolute Gasteiger partial charge is 0.507 e. The SMILES string of the molecule is Cc1c(O)c(CN2CCCCC2)cc2c(=O)c(-c3nc4ccccc4s3)coc12. The molecule has 2 aromatic carbocycles. The predicted octanol–water partition coefficient (Wildman–Crippen LogP) is 5.07. The van der Waals surface area contributed by atoms with Crippen molar-refractivity contribution in [3.8, 4) is 16.3 Å². The van der Waals surface area contributed by atoms with Crippen LogP contribution in [-0.4, -0.2) is 28.1 Å². The van der Waals surface area contributed by atoms with Gasteiger partial charge in [0.25, 0.3) is 0 Å². The second-order valence-electron chi connectivity index (χ2n) is 7.69. The van der Waals surface area contributed by atoms with Crippen LogP contribution in [0.15, 0.2) is 45.8 Å². The van der Waals surface area contributed by atoms with E-state index in [1.54, 1.807) is 13.0 Å². The van der Waals surface area contributed by atoms with Crippen molar-refractivity contribution in [3.05, 3.63) is 57.9 Å². The second-order valence-corrected chi connectivity index (χ2v) is 8.72. The number of phenolic OH excluding ortho intramolecular Hbond substituents is 1. The van der Waals surface area contributed by atoms with E-state index in [9.17, 15) is 9.90 Å². The number of benzene rings is 2. The maximum Gasteiger partial charge on any atom is 0.202 e. The summed E-state index contributed by atoms with van der Waals surface area (Å²) in [6, 6.07) is 9.64. The fourth-order valence-electron chi connectivity index (χ4n) is 4.11. The van der Waals surface area contributed by atoms with Gasteiger partial charge in [0.05, 0.1) is 21.2 Å². The van der Waals surface area contributed by atoms with Gasteiger partial charge in [-0.25, -0.2) is 4.98 Å². The van der Waals surface area contributed by atoms with Crippen LogP contribution in [0.1, 0.15) is 30.4 Å². The summed E-state index contributed by atoms with van der Waals surface area (Å²) in [4.78, 5) is 20.3. The van der Waals surface area contributed by atoms with Gasteiger partial charge in [-0.3, -0.25) is 9.69 Å². The molecular weight excluding hydrogens is 384 g/mol. The van der Waals surface area contributed by atoms with Crippen molar-refractivity contribution in [2.24, 2.45) is 0 Å². The van der Waals surface area contributed by atoms with E-state index < -0.39 is 0 Å². The van der Waals surface area contributed by atoms with Crippen LogP contribution >= 0.6 is 11.3 Å². The number of fused-ring (bicyclic) bond motifs is 2. The Morgan fingerprint density at radius 2 is 2.00 bits per heavy atom. The van der Waals surface area contributed by atoms with Gasteiger partial charge in [-0.1, -0.05) is 18.6 Å². The van der Waals surface area contributed by atoms with Crippen LogP contribution in [0.4, 0.5) is 0 Å². The number of hydrogen-bond donors (Lipinski definition) is 1. The third-order valence-corrected chi connectivity index (χ3v) is 6.78. The topological polar surface area (TPSA) is 66.6 Å². The van der Waals surface area contributed by atoms with E-state index in [0.29, 0.717) is 33.6 Å². The van der Waals surface area contributed by atoms with Crippen molar-refractivity contribution in [1.82, 2.24) is 9.88 Å². The van der Waals surface area contributed by atoms with E-state index in [4.69, 9.17) is 4.42 Å². The summed E-state index contributed by atoms with van der Waals surface area (Å²) in [6.45, 7) is 4.50. The first-order valence-corrected chi connectivity index (χ1v) is 10.8. The van der Waals surface area contributed by atoms with E-state index in [0.717, 1.165) is 28.9 Å². The highest BCUT2D eigenvalue weighted by Gasteiger charge is 2.20. The molecule has 1 N–H and O–H groups in total. The van der Waals surface area contributed by atoms with E-state index in [-0.39, 0.29) is 11.2 Å². The molecule has 3 heterocycles. The van der Waals surface area contributed by atoms with Crippen LogP contribution in [0.3, 0.4) is 0 Å². The number of rotatable bonds is 3. The van der Waals surface area contributed by atoms with Gasteiger partial charge in [0.1, 0.15) is 22.6 Å². The Balaban J connectivity index is 1.63. The molecule has 0 saturated carbocycles. The smallest absolute Gasteiger partial charge is 0.202 e. The third kappa shape index (κ3) is 3.22. The lowest BCUT2D eigenvalue weighted by atomic mass is 10.0. The minimum atomic E-state index is -0.103. The molecule has 0 unspecified atom stereocenters. The van der Waals surface area contributed by atoms with Gasteiger partial charge < -0.3 is 9.52 Å². The summed E-state index contributed by atoms with van der Waals surface area (Å²) in [5.41, 5.74) is 3.08. The van der Waals surface area contributed by atoms with Gasteiger partial charge in [0, 0.05) is 17.7 Å². The molecule has 1 aliphatic heterocycles. The number of likely N-dealkylation sites (tertiary alicyclic amines) is 1. The lowest BCUT2D eigenvalue weighted by Gasteiger charge is -2.27. The van der Waals surface area contributed by atoms with Gasteiger partial charge >= 0.3 is 0 Å². The fraction of sp³-hybridized carbons (Fsp3) is 0.304. The highest BCUT2D eigenvalue weighted by Crippen LogP contribution is 2.34. The Kier molecular flexibility index (Phi) is 4.60. The average molecular weight is 407 g/mol. The molecule has 0 atom stereocenters. The normalized spacial score (nSPS) is 15.3. The molecule has 4 aromatic rings. The molecule has 0 spiro atoms. The van der Waals surface area contributed by atoms with E-state index in [2.05, 4.69) is 9.88 Å². The van der Waals surface area contributed by atoms with E-state index in [1.807, 2.05) is 24.3 Å². The van der Waals surface area contributed by atoms with Crippen LogP contribution in [0.5, 0.6) is 5.75 Å². The van der Waals surface area contributed by atoms with Crippen molar-refractivity contribution < 1.29 is 9.52 Å². The van der Waals surface area contributed by atoms with Gasteiger partial charge in [0.15, 0.2) is 0 Å². The highest BCUT2D eigenvalue weighted by molar-refractivity contribution is 7.21. The standard InChI is InChI=1S/C23H22N2O3S/c1-14-20(26)15(12-25-9-5-2-6-10-25)11-16-21(27)17(13-28-22(14)16)23-24-18-7-3-4-8-19(18)29-23/h3-4,7-8,11,13,26H,2,5-6,9-10,12H2,1H3. The number of aromatic nitrogens is 1. The monoisotopic (exact) mass is 406 g/mol. The van der Waals surface area contributed by atoms with Crippen LogP contribution < -0.4 is 5.43 Å². The molecule has 5 nitrogen and oxygen atoms in total. The zero-order chi connectivity index (χ0) is 20.0. The number of phenols is 1. The Bertz CT molecular complexity index is 1240. The molecule has 6 heteroatoms. The first-order valence-electron chi connectivity index (χ1n) is 9.97. The second kappa shape index (κ2) is 7.28. The Hall–Kier alpha value is -2.70. The maximum atomic E-state index is 13.3. The van der Waals surface area contributed by atoms with Gasteiger partial charge in [0.2, 0.25) is 5.43 Å². The van der Waals surface area contributed by atoms with Crippen LogP contribution in [0.2, 0.25) is 0 Å². The average Bonchev–Trinajstić information content (AvgIpc) is 3.17. The molecule has 2 aromatic heterocycles. The third-order valence-electron chi connectivity index (χ3n) is 5.71. The maximum absolute atomic E-state index is 13.3. The van der Waals surface area contributed by atoms with Crippen molar-refractivity contribution in [1.29, 1.82) is 0 Å². The summed E-state index contributed by atoms with van der Waals surface area (Å²) in [5.74, 6) is 0.221. The fourth-order valence-corrected chi connectivity index (χ4v) is 5.08. The number of hydrogen-bond acceptors (Lipinski definition) is 6. The Morgan fingerprint density at radius 1 is 1.21 bits per heavy atom. The van der Waals surface area contributed by atoms with Crippen molar-refractivity contribution >= 4 is 32.5 Å². The van der Waals surface area contributed by atoms with Gasteiger partial charge in [-0.15, -0.1) is 11.3 Å². The molecule has 0 amide bonds. The lowest BCUT2D eigenvalue weighted by molar-refractivity contribution is 0.218. The molecule has 0 aliphatic carbocycles. The Morgan fingerprint density at radius 3 is 2.79 bits per heavy atom. The molecule has 148 valence electrons. The summed E-state index contributed by atoms with van der Waals surface area (Å²) >= 11 is 1.48. The number of piperidine rings is 1. The molecule has 1 saturated heterocycles. The minimum absolute atomic E-state index is 0.103. The van der Waals surface area contributed by atoms with Crippen LogP contribution in [0.25, 0.3) is 31.8 Å². The first kappa shape index (κ1) is 18.3. The molecule has 1 fully saturated rings. The van der Waals surface area contributed by atoms with E-state index >= 15 is 0 Å². The molecule has 29 heavy (non-hydrogen) atoms. The number of para-hydroxylation sites is 1. The lowest BCUT2D eigenvalue weighted by Crippen LogP contribution is -2.29. The van der Waals surface area contributed by atoms with Crippen molar-refractivity contribution in [2.75, 3.05) is 13.1 Å². The minimum Gasteiger partial charge on any atom is -0.507 e. The summed E-state index contributed by atoms with van der Waals surface area (Å²) < 4.78 is 6.86. The van der Waals surface area contributed by atoms with Crippen molar-refractivity contribution in [2.45, 2.75) is 32.7 Å². The van der Waals surface area contributed by atoms with Gasteiger partial charge in [-0.05, 0) is 51.1 Å². The number of aromatic hydroxyl groups is 1. The zero-order valence-corrected chi connectivity index (χ0v) is 17.1. The molecular formula is C23H22N2O3S. The van der Waals surface area contributed by atoms with E-state index in [1.165, 1.54) is 36.9 Å².